The number of piperidine rings is 1. The number of hydrogen-bond donors (Lipinski definition) is 0. The lowest BCUT2D eigenvalue weighted by Crippen LogP contribution is -2.48. The smallest absolute Gasteiger partial charge is 0.206 e. The Morgan fingerprint density at radius 2 is 1.53 bits per heavy atom. The highest BCUT2D eigenvalue weighted by Crippen LogP contribution is 2.33. The Bertz CT molecular complexity index is 311. The van der Waals surface area contributed by atoms with Gasteiger partial charge in [0.05, 0.1) is 0 Å². The van der Waals surface area contributed by atoms with Crippen LogP contribution in [0, 0.1) is 0 Å². The molecule has 1 saturated heterocycles. The third-order valence-electron chi connectivity index (χ3n) is 2.25. The maximum absolute atomic E-state index is 12.7. The predicted octanol–water partition coefficient (Wildman–Crippen LogP) is 1.66. The van der Waals surface area contributed by atoms with Crippen molar-refractivity contribution < 1.29 is 26.0 Å². The van der Waals surface area contributed by atoms with Crippen molar-refractivity contribution in [2.45, 2.75) is 30.9 Å². The van der Waals surface area contributed by atoms with Crippen molar-refractivity contribution in [3.8, 4) is 0 Å². The summed E-state index contributed by atoms with van der Waals surface area (Å²) in [6, 6.07) is 0. The summed E-state index contributed by atoms with van der Waals surface area (Å²) in [4.78, 5) is 0. The minimum Gasteiger partial charge on any atom is -0.206 e. The zero-order chi connectivity index (χ0) is 11.7. The summed E-state index contributed by atoms with van der Waals surface area (Å²) in [6.45, 7) is -0.213. The van der Waals surface area contributed by atoms with Crippen molar-refractivity contribution in [2.24, 2.45) is 0 Å². The predicted molar refractivity (Wildman–Crippen MR) is 45.3 cm³/mol. The van der Waals surface area contributed by atoms with Gasteiger partial charge < -0.3 is 0 Å². The molecule has 0 aliphatic carbocycles. The summed E-state index contributed by atoms with van der Waals surface area (Å²) in [5, 5.41) is -4.98. The Morgan fingerprint density at radius 3 is 1.93 bits per heavy atom. The van der Waals surface area contributed by atoms with Crippen LogP contribution in [0.1, 0.15) is 19.3 Å². The van der Waals surface area contributed by atoms with Crippen molar-refractivity contribution in [2.75, 3.05) is 13.1 Å². The number of alkyl halides is 4. The topological polar surface area (TPSA) is 37.4 Å². The molecule has 1 rings (SSSR count). The molecule has 0 N–H and O–H groups in total. The Kier molecular flexibility index (Phi) is 3.59. The Morgan fingerprint density at radius 1 is 1.07 bits per heavy atom. The highest BCUT2D eigenvalue weighted by Gasteiger charge is 2.56. The van der Waals surface area contributed by atoms with Crippen molar-refractivity contribution in [3.05, 3.63) is 0 Å². The van der Waals surface area contributed by atoms with Crippen LogP contribution in [0.3, 0.4) is 0 Å². The van der Waals surface area contributed by atoms with E-state index < -0.39 is 21.7 Å². The molecule has 0 spiro atoms. The third kappa shape index (κ3) is 2.25. The van der Waals surface area contributed by atoms with Crippen molar-refractivity contribution in [3.63, 3.8) is 0 Å². The molecule has 1 aliphatic rings. The van der Waals surface area contributed by atoms with Crippen LogP contribution in [0.5, 0.6) is 0 Å². The molecule has 0 bridgehead atoms. The first-order valence-electron chi connectivity index (χ1n) is 4.46. The molecule has 1 fully saturated rings. The van der Waals surface area contributed by atoms with Gasteiger partial charge in [0.25, 0.3) is 10.0 Å². The van der Waals surface area contributed by atoms with E-state index in [4.69, 9.17) is 0 Å². The summed E-state index contributed by atoms with van der Waals surface area (Å²) in [6.07, 6.45) is -2.60. The normalized spacial score (nSPS) is 20.9. The van der Waals surface area contributed by atoms with E-state index in [0.717, 1.165) is 6.42 Å². The minimum absolute atomic E-state index is 0.107. The molecular weight excluding hydrogens is 238 g/mol. The first-order valence-corrected chi connectivity index (χ1v) is 5.90. The molecule has 8 heteroatoms. The lowest BCUT2D eigenvalue weighted by atomic mass is 10.2. The van der Waals surface area contributed by atoms with Crippen molar-refractivity contribution in [1.29, 1.82) is 0 Å². The molecule has 0 atom stereocenters. The first-order chi connectivity index (χ1) is 6.80. The van der Waals surface area contributed by atoms with Crippen LogP contribution in [0.4, 0.5) is 17.6 Å². The minimum atomic E-state index is -5.21. The molecule has 0 unspecified atom stereocenters. The fraction of sp³-hybridized carbons (Fsp3) is 1.00. The van der Waals surface area contributed by atoms with E-state index in [1.165, 1.54) is 0 Å². The zero-order valence-electron chi connectivity index (χ0n) is 7.80. The maximum Gasteiger partial charge on any atom is 0.418 e. The van der Waals surface area contributed by atoms with E-state index in [1.54, 1.807) is 0 Å². The molecule has 3 nitrogen and oxygen atoms in total. The van der Waals surface area contributed by atoms with E-state index in [0.29, 0.717) is 17.1 Å². The summed E-state index contributed by atoms with van der Waals surface area (Å²) in [5.74, 6) is 0. The SMILES string of the molecule is O=S(=O)(N1CCCCC1)C(F)(F)C(F)F. The average molecular weight is 249 g/mol. The van der Waals surface area contributed by atoms with Gasteiger partial charge in [0.1, 0.15) is 0 Å². The second-order valence-corrected chi connectivity index (χ2v) is 5.34. The van der Waals surface area contributed by atoms with Gasteiger partial charge in [0.2, 0.25) is 0 Å². The van der Waals surface area contributed by atoms with Gasteiger partial charge in [-0.15, -0.1) is 0 Å². The highest BCUT2D eigenvalue weighted by molar-refractivity contribution is 7.90. The number of rotatable bonds is 3. The molecule has 1 heterocycles. The van der Waals surface area contributed by atoms with Gasteiger partial charge in [-0.3, -0.25) is 0 Å². The zero-order valence-corrected chi connectivity index (χ0v) is 8.61. The van der Waals surface area contributed by atoms with E-state index in [-0.39, 0.29) is 13.1 Å². The molecule has 0 radical (unpaired) electrons. The molecule has 1 aliphatic heterocycles. The van der Waals surface area contributed by atoms with Gasteiger partial charge in [-0.1, -0.05) is 6.42 Å². The van der Waals surface area contributed by atoms with E-state index in [9.17, 15) is 26.0 Å². The lowest BCUT2D eigenvalue weighted by molar-refractivity contribution is -0.0675. The average Bonchev–Trinajstić information content (AvgIpc) is 2.18. The largest absolute Gasteiger partial charge is 0.418 e. The summed E-state index contributed by atoms with van der Waals surface area (Å²) in [7, 11) is -5.21. The van der Waals surface area contributed by atoms with Crippen LogP contribution in [0.25, 0.3) is 0 Å². The fourth-order valence-electron chi connectivity index (χ4n) is 1.39. The molecule has 0 saturated carbocycles. The van der Waals surface area contributed by atoms with Crippen LogP contribution < -0.4 is 0 Å². The fourth-order valence-corrected chi connectivity index (χ4v) is 2.70. The number of hydrogen-bond acceptors (Lipinski definition) is 2. The standard InChI is InChI=1S/C7H11F4NO2S/c8-6(9)7(10,11)15(13,14)12-4-2-1-3-5-12/h6H,1-5H2. The van der Waals surface area contributed by atoms with Gasteiger partial charge in [0.15, 0.2) is 0 Å². The molecule has 0 aromatic rings. The first kappa shape index (κ1) is 12.7. The van der Waals surface area contributed by atoms with Crippen LogP contribution in [0.2, 0.25) is 0 Å². The van der Waals surface area contributed by atoms with Gasteiger partial charge in [0, 0.05) is 13.1 Å². The van der Waals surface area contributed by atoms with Gasteiger partial charge >= 0.3 is 11.7 Å². The van der Waals surface area contributed by atoms with Crippen LogP contribution in [-0.2, 0) is 10.0 Å². The third-order valence-corrected chi connectivity index (χ3v) is 4.16. The van der Waals surface area contributed by atoms with Gasteiger partial charge in [-0.05, 0) is 12.8 Å². The number of sulfonamides is 1. The molecular formula is C7H11F4NO2S. The van der Waals surface area contributed by atoms with Crippen LogP contribution >= 0.6 is 0 Å². The number of nitrogens with zero attached hydrogens (tertiary/aromatic N) is 1. The summed E-state index contributed by atoms with van der Waals surface area (Å²) >= 11 is 0. The Balaban J connectivity index is 2.90. The molecule has 0 amide bonds. The lowest BCUT2D eigenvalue weighted by Gasteiger charge is -2.29. The molecule has 0 aromatic carbocycles. The van der Waals surface area contributed by atoms with Gasteiger partial charge in [-0.2, -0.15) is 13.1 Å². The number of halogens is 4. The van der Waals surface area contributed by atoms with Crippen molar-refractivity contribution in [1.82, 2.24) is 4.31 Å². The molecule has 90 valence electrons. The summed E-state index contributed by atoms with van der Waals surface area (Å²) < 4.78 is 72.0. The van der Waals surface area contributed by atoms with Gasteiger partial charge in [-0.25, -0.2) is 17.2 Å². The van der Waals surface area contributed by atoms with E-state index in [2.05, 4.69) is 0 Å². The second-order valence-electron chi connectivity index (χ2n) is 3.33. The second kappa shape index (κ2) is 4.25. The Hall–Kier alpha value is -0.370. The van der Waals surface area contributed by atoms with Crippen LogP contribution in [0.15, 0.2) is 0 Å². The molecule has 0 aromatic heterocycles. The molecule has 15 heavy (non-hydrogen) atoms. The quantitative estimate of drug-likeness (QED) is 0.713. The summed E-state index contributed by atoms with van der Waals surface area (Å²) in [5.41, 5.74) is 0. The van der Waals surface area contributed by atoms with E-state index >= 15 is 0 Å². The monoisotopic (exact) mass is 249 g/mol. The van der Waals surface area contributed by atoms with Crippen LogP contribution in [-0.4, -0.2) is 37.5 Å². The highest BCUT2D eigenvalue weighted by atomic mass is 32.2. The van der Waals surface area contributed by atoms with Crippen molar-refractivity contribution >= 4 is 10.0 Å². The Labute approximate surface area is 85.1 Å². The maximum atomic E-state index is 12.7. The van der Waals surface area contributed by atoms with E-state index in [1.807, 2.05) is 0 Å².